The molecular weight excluding hydrogens is 360 g/mol. The van der Waals surface area contributed by atoms with Crippen LogP contribution < -0.4 is 4.90 Å². The number of aryl methyl sites for hydroxylation is 1. The molecule has 0 unspecified atom stereocenters. The lowest BCUT2D eigenvalue weighted by atomic mass is 10.1. The van der Waals surface area contributed by atoms with Crippen LogP contribution in [0.15, 0.2) is 18.3 Å². The molecule has 1 aliphatic rings. The first-order valence-electron chi connectivity index (χ1n) is 10.3. The Morgan fingerprint density at radius 2 is 1.70 bits per heavy atom. The zero-order valence-corrected chi connectivity index (χ0v) is 18.2. The first-order valence-corrected chi connectivity index (χ1v) is 12.1. The average Bonchev–Trinajstić information content (AvgIpc) is 2.60. The van der Waals surface area contributed by atoms with Crippen molar-refractivity contribution in [1.82, 2.24) is 4.98 Å². The van der Waals surface area contributed by atoms with Crippen LogP contribution in [0.4, 0.5) is 5.82 Å². The monoisotopic (exact) mass is 396 g/mol. The molecule has 1 aromatic rings. The summed E-state index contributed by atoms with van der Waals surface area (Å²) in [5.41, 5.74) is 1.27. The predicted octanol–water partition coefficient (Wildman–Crippen LogP) is 4.01. The van der Waals surface area contributed by atoms with Gasteiger partial charge in [-0.25, -0.2) is 13.4 Å². The molecule has 1 aliphatic heterocycles. The Hall–Kier alpha value is -1.14. The fraction of sp³-hybridized carbons (Fsp3) is 0.762. The highest BCUT2D eigenvalue weighted by atomic mass is 32.2. The van der Waals surface area contributed by atoms with E-state index < -0.39 is 9.84 Å². The van der Waals surface area contributed by atoms with Crippen molar-refractivity contribution in [3.05, 3.63) is 23.9 Å². The average molecular weight is 397 g/mol. The van der Waals surface area contributed by atoms with E-state index in [0.29, 0.717) is 5.75 Å². The lowest BCUT2D eigenvalue weighted by molar-refractivity contribution is -0.00545. The minimum absolute atomic E-state index is 0.241. The maximum atomic E-state index is 11.8. The van der Waals surface area contributed by atoms with Gasteiger partial charge in [-0.05, 0) is 58.6 Å². The van der Waals surface area contributed by atoms with Gasteiger partial charge in [0, 0.05) is 19.3 Å². The topological polar surface area (TPSA) is 59.5 Å². The predicted molar refractivity (Wildman–Crippen MR) is 112 cm³/mol. The van der Waals surface area contributed by atoms with Crippen molar-refractivity contribution >= 4 is 15.7 Å². The Bertz CT molecular complexity index is 649. The minimum atomic E-state index is -2.87. The van der Waals surface area contributed by atoms with Gasteiger partial charge in [0.25, 0.3) is 0 Å². The van der Waals surface area contributed by atoms with Gasteiger partial charge in [-0.3, -0.25) is 0 Å². The van der Waals surface area contributed by atoms with Gasteiger partial charge in [-0.1, -0.05) is 25.3 Å². The van der Waals surface area contributed by atoms with Crippen LogP contribution >= 0.6 is 0 Å². The summed E-state index contributed by atoms with van der Waals surface area (Å²) in [6, 6.07) is 4.30. The molecule has 6 heteroatoms. The van der Waals surface area contributed by atoms with Crippen LogP contribution in [0.25, 0.3) is 0 Å². The number of rotatable bonds is 10. The van der Waals surface area contributed by atoms with Crippen molar-refractivity contribution in [1.29, 1.82) is 0 Å². The normalized spacial score (nSPS) is 21.0. The molecule has 5 nitrogen and oxygen atoms in total. The summed E-state index contributed by atoms with van der Waals surface area (Å²) >= 11 is 0. The lowest BCUT2D eigenvalue weighted by Crippen LogP contribution is -2.45. The van der Waals surface area contributed by atoms with E-state index in [4.69, 9.17) is 4.74 Å². The molecule has 27 heavy (non-hydrogen) atoms. The molecule has 1 aromatic heterocycles. The highest BCUT2D eigenvalue weighted by molar-refractivity contribution is 7.91. The number of pyridine rings is 1. The number of hydrogen-bond donors (Lipinski definition) is 0. The molecule has 2 atom stereocenters. The molecule has 0 N–H and O–H groups in total. The largest absolute Gasteiger partial charge is 0.372 e. The third-order valence-corrected chi connectivity index (χ3v) is 7.46. The van der Waals surface area contributed by atoms with Crippen molar-refractivity contribution in [2.45, 2.75) is 83.7 Å². The molecule has 1 fully saturated rings. The van der Waals surface area contributed by atoms with E-state index in [1.54, 1.807) is 13.8 Å². The van der Waals surface area contributed by atoms with Crippen molar-refractivity contribution in [3.63, 3.8) is 0 Å². The fourth-order valence-corrected chi connectivity index (χ4v) is 4.59. The first-order chi connectivity index (χ1) is 12.8. The second-order valence-corrected chi connectivity index (χ2v) is 10.8. The van der Waals surface area contributed by atoms with Crippen LogP contribution in [0.2, 0.25) is 0 Å². The van der Waals surface area contributed by atoms with Gasteiger partial charge in [0.05, 0.1) is 23.2 Å². The summed E-state index contributed by atoms with van der Waals surface area (Å²) in [4.78, 5) is 6.95. The molecule has 0 saturated carbocycles. The van der Waals surface area contributed by atoms with Crippen LogP contribution in [0.3, 0.4) is 0 Å². The van der Waals surface area contributed by atoms with Crippen LogP contribution in [-0.2, 0) is 21.0 Å². The summed E-state index contributed by atoms with van der Waals surface area (Å²) in [7, 11) is -2.87. The summed E-state index contributed by atoms with van der Waals surface area (Å²) < 4.78 is 29.3. The van der Waals surface area contributed by atoms with E-state index in [9.17, 15) is 8.42 Å². The fourth-order valence-electron chi connectivity index (χ4n) is 3.51. The second kappa shape index (κ2) is 10.4. The zero-order valence-electron chi connectivity index (χ0n) is 17.4. The highest BCUT2D eigenvalue weighted by Gasteiger charge is 2.22. The highest BCUT2D eigenvalue weighted by Crippen LogP contribution is 2.19. The number of anilines is 1. The van der Waals surface area contributed by atoms with Crippen molar-refractivity contribution in [2.24, 2.45) is 0 Å². The number of hydrogen-bond acceptors (Lipinski definition) is 5. The van der Waals surface area contributed by atoms with Gasteiger partial charge >= 0.3 is 0 Å². The summed E-state index contributed by atoms with van der Waals surface area (Å²) in [5, 5.41) is -0.253. The number of sulfone groups is 1. The van der Waals surface area contributed by atoms with Crippen LogP contribution in [0.5, 0.6) is 0 Å². The molecule has 2 rings (SSSR count). The Balaban J connectivity index is 1.64. The summed E-state index contributed by atoms with van der Waals surface area (Å²) in [5.74, 6) is 1.36. The maximum Gasteiger partial charge on any atom is 0.152 e. The van der Waals surface area contributed by atoms with Crippen molar-refractivity contribution in [3.8, 4) is 0 Å². The molecule has 0 aromatic carbocycles. The molecule has 0 radical (unpaired) electrons. The minimum Gasteiger partial charge on any atom is -0.372 e. The molecule has 0 spiro atoms. The number of morpholine rings is 1. The van der Waals surface area contributed by atoms with Crippen molar-refractivity contribution in [2.75, 3.05) is 23.7 Å². The molecule has 0 bridgehead atoms. The number of unbranched alkanes of at least 4 members (excludes halogenated alkanes) is 4. The number of nitrogens with zero attached hydrogens (tertiary/aromatic N) is 2. The van der Waals surface area contributed by atoms with E-state index in [-0.39, 0.29) is 17.5 Å². The van der Waals surface area contributed by atoms with Gasteiger partial charge in [0.2, 0.25) is 0 Å². The van der Waals surface area contributed by atoms with E-state index >= 15 is 0 Å². The molecule has 154 valence electrons. The lowest BCUT2D eigenvalue weighted by Gasteiger charge is -2.36. The van der Waals surface area contributed by atoms with Gasteiger partial charge < -0.3 is 9.64 Å². The number of ether oxygens (including phenoxy) is 1. The van der Waals surface area contributed by atoms with Crippen LogP contribution in [0, 0.1) is 0 Å². The molecule has 0 amide bonds. The smallest absolute Gasteiger partial charge is 0.152 e. The van der Waals surface area contributed by atoms with Crippen LogP contribution in [-0.4, -0.2) is 49.7 Å². The first kappa shape index (κ1) is 22.2. The summed E-state index contributed by atoms with van der Waals surface area (Å²) in [6.07, 6.45) is 8.66. The van der Waals surface area contributed by atoms with Crippen LogP contribution in [0.1, 0.15) is 65.4 Å². The third kappa shape index (κ3) is 7.41. The molecule has 0 aliphatic carbocycles. The van der Waals surface area contributed by atoms with E-state index in [1.165, 1.54) is 5.56 Å². The Labute approximate surface area is 165 Å². The maximum absolute atomic E-state index is 11.8. The standard InChI is InChI=1S/C21H36N2O3S/c1-17(2)27(24,25)13-9-7-5-6-8-10-20-11-12-21(22-14-20)23-15-18(3)26-19(4)16-23/h11-12,14,17-19H,5-10,13,15-16H2,1-4H3/t18-,19-/m1/s1. The second-order valence-electron chi connectivity index (χ2n) is 8.12. The van der Waals surface area contributed by atoms with E-state index in [1.807, 2.05) is 6.20 Å². The van der Waals surface area contributed by atoms with E-state index in [2.05, 4.69) is 35.9 Å². The van der Waals surface area contributed by atoms with Crippen molar-refractivity contribution < 1.29 is 13.2 Å². The van der Waals surface area contributed by atoms with E-state index in [0.717, 1.165) is 57.4 Å². The quantitative estimate of drug-likeness (QED) is 0.559. The Morgan fingerprint density at radius 1 is 1.07 bits per heavy atom. The SMILES string of the molecule is CC(C)S(=O)(=O)CCCCCCCc1ccc(N2C[C@@H](C)O[C@H](C)C2)nc1. The summed E-state index contributed by atoms with van der Waals surface area (Å²) in [6.45, 7) is 9.51. The van der Waals surface area contributed by atoms with Gasteiger partial charge in [-0.15, -0.1) is 0 Å². The molecular formula is C21H36N2O3S. The molecule has 2 heterocycles. The number of aromatic nitrogens is 1. The van der Waals surface area contributed by atoms with Gasteiger partial charge in [0.15, 0.2) is 9.84 Å². The molecule has 1 saturated heterocycles. The Kier molecular flexibility index (Phi) is 8.55. The van der Waals surface area contributed by atoms with Gasteiger partial charge in [0.1, 0.15) is 5.82 Å². The van der Waals surface area contributed by atoms with Gasteiger partial charge in [-0.2, -0.15) is 0 Å². The Morgan fingerprint density at radius 3 is 2.30 bits per heavy atom. The zero-order chi connectivity index (χ0) is 19.9. The third-order valence-electron chi connectivity index (χ3n) is 5.17.